The highest BCUT2D eigenvalue weighted by molar-refractivity contribution is 5.99. The molecule has 1 saturated carbocycles. The Bertz CT molecular complexity index is 751. The molecule has 1 aliphatic rings. The minimum Gasteiger partial charge on any atom is -0.406 e. The Labute approximate surface area is 135 Å². The lowest BCUT2D eigenvalue weighted by Gasteiger charge is -2.40. The van der Waals surface area contributed by atoms with Crippen molar-refractivity contribution in [1.29, 1.82) is 0 Å². The van der Waals surface area contributed by atoms with Crippen molar-refractivity contribution in [3.05, 3.63) is 41.7 Å². The van der Waals surface area contributed by atoms with E-state index in [0.29, 0.717) is 29.8 Å². The number of amides is 1. The van der Waals surface area contributed by atoms with Gasteiger partial charge in [0.05, 0.1) is 5.41 Å². The fraction of sp³-hybridized carbons (Fsp3) is 0.375. The van der Waals surface area contributed by atoms with Crippen LogP contribution in [0.25, 0.3) is 0 Å². The average Bonchev–Trinajstić information content (AvgIpc) is 2.81. The summed E-state index contributed by atoms with van der Waals surface area (Å²) in [5.41, 5.74) is 0.289. The third-order valence-electron chi connectivity index (χ3n) is 4.24. The maximum absolute atomic E-state index is 12.7. The molecule has 1 heterocycles. The number of aryl methyl sites for hydroxylation is 1. The molecule has 24 heavy (non-hydrogen) atoms. The zero-order chi connectivity index (χ0) is 17.4. The van der Waals surface area contributed by atoms with Crippen LogP contribution < -0.4 is 10.1 Å². The summed E-state index contributed by atoms with van der Waals surface area (Å²) in [4.78, 5) is 12.7. The van der Waals surface area contributed by atoms with Crippen LogP contribution in [0.1, 0.15) is 30.4 Å². The van der Waals surface area contributed by atoms with Crippen LogP contribution in [0.4, 0.5) is 19.0 Å². The number of ether oxygens (including phenoxy) is 1. The van der Waals surface area contributed by atoms with Gasteiger partial charge >= 0.3 is 6.36 Å². The molecule has 1 aromatic carbocycles. The van der Waals surface area contributed by atoms with E-state index >= 15 is 0 Å². The van der Waals surface area contributed by atoms with E-state index < -0.39 is 11.8 Å². The van der Waals surface area contributed by atoms with Gasteiger partial charge in [0.2, 0.25) is 5.91 Å². The highest BCUT2D eigenvalue weighted by Gasteiger charge is 2.46. The van der Waals surface area contributed by atoms with E-state index in [1.54, 1.807) is 13.0 Å². The van der Waals surface area contributed by atoms with Gasteiger partial charge in [-0.2, -0.15) is 0 Å². The van der Waals surface area contributed by atoms with Gasteiger partial charge in [0.25, 0.3) is 0 Å². The van der Waals surface area contributed by atoms with Gasteiger partial charge in [0.1, 0.15) is 12.0 Å². The van der Waals surface area contributed by atoms with Gasteiger partial charge in [-0.1, -0.05) is 23.7 Å². The van der Waals surface area contributed by atoms with Crippen molar-refractivity contribution >= 4 is 11.7 Å². The minimum atomic E-state index is -4.77. The summed E-state index contributed by atoms with van der Waals surface area (Å²) in [6.45, 7) is 1.73. The lowest BCUT2D eigenvalue weighted by Crippen LogP contribution is -2.46. The van der Waals surface area contributed by atoms with Crippen molar-refractivity contribution in [3.8, 4) is 5.75 Å². The van der Waals surface area contributed by atoms with E-state index in [4.69, 9.17) is 4.52 Å². The molecule has 5 nitrogen and oxygen atoms in total. The van der Waals surface area contributed by atoms with Crippen LogP contribution in [0, 0.1) is 6.92 Å². The summed E-state index contributed by atoms with van der Waals surface area (Å²) in [6, 6.07) is 5.56. The van der Waals surface area contributed by atoms with Crippen molar-refractivity contribution in [1.82, 2.24) is 5.16 Å². The third kappa shape index (κ3) is 3.08. The van der Waals surface area contributed by atoms with E-state index in [1.807, 2.05) is 0 Å². The molecule has 3 rings (SSSR count). The molecule has 0 bridgehead atoms. The second-order valence-electron chi connectivity index (χ2n) is 5.81. The number of carbonyl (C=O) groups is 1. The first-order valence-electron chi connectivity index (χ1n) is 7.39. The Morgan fingerprint density at radius 1 is 1.38 bits per heavy atom. The predicted molar refractivity (Wildman–Crippen MR) is 78.5 cm³/mol. The van der Waals surface area contributed by atoms with Gasteiger partial charge in [-0.15, -0.1) is 13.2 Å². The van der Waals surface area contributed by atoms with Crippen molar-refractivity contribution in [3.63, 3.8) is 0 Å². The van der Waals surface area contributed by atoms with Crippen LogP contribution in [-0.2, 0) is 10.2 Å². The number of nitrogens with zero attached hydrogens (tertiary/aromatic N) is 1. The predicted octanol–water partition coefficient (Wildman–Crippen LogP) is 3.94. The van der Waals surface area contributed by atoms with Gasteiger partial charge in [-0.3, -0.25) is 4.79 Å². The molecule has 128 valence electrons. The molecule has 2 aromatic rings. The fourth-order valence-electron chi connectivity index (χ4n) is 2.80. The third-order valence-corrected chi connectivity index (χ3v) is 4.24. The average molecular weight is 340 g/mol. The number of halogens is 3. The van der Waals surface area contributed by atoms with E-state index in [0.717, 1.165) is 6.42 Å². The molecule has 0 aliphatic heterocycles. The summed E-state index contributed by atoms with van der Waals surface area (Å²) < 4.78 is 45.9. The molecule has 0 spiro atoms. The Morgan fingerprint density at radius 3 is 2.67 bits per heavy atom. The molecule has 1 aliphatic carbocycles. The van der Waals surface area contributed by atoms with Gasteiger partial charge in [-0.05, 0) is 37.5 Å². The van der Waals surface area contributed by atoms with E-state index in [2.05, 4.69) is 15.2 Å². The molecular formula is C16H15F3N2O3. The van der Waals surface area contributed by atoms with Crippen LogP contribution >= 0.6 is 0 Å². The monoisotopic (exact) mass is 340 g/mol. The number of rotatable bonds is 4. The van der Waals surface area contributed by atoms with Gasteiger partial charge in [-0.25, -0.2) is 0 Å². The zero-order valence-corrected chi connectivity index (χ0v) is 12.8. The Kier molecular flexibility index (Phi) is 3.98. The van der Waals surface area contributed by atoms with Crippen LogP contribution in [0.5, 0.6) is 5.75 Å². The molecule has 0 radical (unpaired) electrons. The topological polar surface area (TPSA) is 64.4 Å². The SMILES string of the molecule is Cc1conc1NC(=O)C1(c2cccc(OC(F)(F)F)c2)CCC1. The van der Waals surface area contributed by atoms with E-state index in [9.17, 15) is 18.0 Å². The molecule has 0 atom stereocenters. The number of carbonyl (C=O) groups excluding carboxylic acids is 1. The Hall–Kier alpha value is -2.51. The number of alkyl halides is 3. The Balaban J connectivity index is 1.86. The molecule has 0 saturated heterocycles. The highest BCUT2D eigenvalue weighted by Crippen LogP contribution is 2.45. The van der Waals surface area contributed by atoms with Crippen LogP contribution in [0.2, 0.25) is 0 Å². The molecular weight excluding hydrogens is 325 g/mol. The van der Waals surface area contributed by atoms with Crippen molar-refractivity contribution in [2.45, 2.75) is 38.0 Å². The summed E-state index contributed by atoms with van der Waals surface area (Å²) in [5.74, 6) is -0.333. The number of hydrogen-bond acceptors (Lipinski definition) is 4. The molecule has 1 aromatic heterocycles. The molecule has 0 unspecified atom stereocenters. The zero-order valence-electron chi connectivity index (χ0n) is 12.8. The summed E-state index contributed by atoms with van der Waals surface area (Å²) in [5, 5.41) is 6.40. The van der Waals surface area contributed by atoms with Gasteiger partial charge in [0, 0.05) is 5.56 Å². The number of aromatic nitrogens is 1. The first-order chi connectivity index (χ1) is 11.3. The van der Waals surface area contributed by atoms with Crippen LogP contribution in [-0.4, -0.2) is 17.4 Å². The van der Waals surface area contributed by atoms with Gasteiger partial charge < -0.3 is 14.6 Å². The maximum Gasteiger partial charge on any atom is 0.573 e. The molecule has 1 N–H and O–H groups in total. The number of nitrogens with one attached hydrogen (secondary N) is 1. The maximum atomic E-state index is 12.7. The second kappa shape index (κ2) is 5.85. The first-order valence-corrected chi connectivity index (χ1v) is 7.39. The Morgan fingerprint density at radius 2 is 2.12 bits per heavy atom. The fourth-order valence-corrected chi connectivity index (χ4v) is 2.80. The largest absolute Gasteiger partial charge is 0.573 e. The van der Waals surface area contributed by atoms with Crippen LogP contribution in [0.15, 0.2) is 35.1 Å². The highest BCUT2D eigenvalue weighted by atomic mass is 19.4. The minimum absolute atomic E-state index is 0.310. The summed E-state index contributed by atoms with van der Waals surface area (Å²) in [7, 11) is 0. The smallest absolute Gasteiger partial charge is 0.406 e. The molecule has 1 amide bonds. The quantitative estimate of drug-likeness (QED) is 0.915. The van der Waals surface area contributed by atoms with Crippen molar-refractivity contribution < 1.29 is 27.2 Å². The number of anilines is 1. The van der Waals surface area contributed by atoms with E-state index in [-0.39, 0.29) is 11.7 Å². The second-order valence-corrected chi connectivity index (χ2v) is 5.81. The van der Waals surface area contributed by atoms with Crippen molar-refractivity contribution in [2.75, 3.05) is 5.32 Å². The standard InChI is InChI=1S/C16H15F3N2O3/c1-10-9-23-21-13(10)20-14(22)15(6-3-7-15)11-4-2-5-12(8-11)24-16(17,18)19/h2,4-5,8-9H,3,6-7H2,1H3,(H,20,21,22). The number of benzene rings is 1. The van der Waals surface area contributed by atoms with Crippen molar-refractivity contribution in [2.24, 2.45) is 0 Å². The first kappa shape index (κ1) is 16.4. The summed E-state index contributed by atoms with van der Waals surface area (Å²) >= 11 is 0. The van der Waals surface area contributed by atoms with E-state index in [1.165, 1.54) is 24.5 Å². The van der Waals surface area contributed by atoms with Gasteiger partial charge in [0.15, 0.2) is 5.82 Å². The summed E-state index contributed by atoms with van der Waals surface area (Å²) in [6.07, 6.45) is -1.46. The lowest BCUT2D eigenvalue weighted by molar-refractivity contribution is -0.274. The van der Waals surface area contributed by atoms with Crippen LogP contribution in [0.3, 0.4) is 0 Å². The number of hydrogen-bond donors (Lipinski definition) is 1. The molecule has 8 heteroatoms. The normalized spacial score (nSPS) is 16.3. The molecule has 1 fully saturated rings. The lowest BCUT2D eigenvalue weighted by atomic mass is 9.63.